The third-order valence-corrected chi connectivity index (χ3v) is 5.04. The maximum absolute atomic E-state index is 13.7. The van der Waals surface area contributed by atoms with Gasteiger partial charge in [-0.25, -0.2) is 14.2 Å². The van der Waals surface area contributed by atoms with Crippen molar-refractivity contribution in [2.75, 3.05) is 25.6 Å². The lowest BCUT2D eigenvalue weighted by molar-refractivity contribution is -0.130. The molecule has 1 heterocycles. The molecule has 9 heteroatoms. The molecule has 0 unspecified atom stereocenters. The van der Waals surface area contributed by atoms with Crippen LogP contribution in [0.5, 0.6) is 17.2 Å². The standard InChI is InChI=1S/C27H23FN2O6/c1-3-34-22-11-7-4-8-18(22)26-30-21(27(32)36-26)14-17-12-13-23(24(15-17)33-2)35-16-25(31)29-20-10-6-5-9-19(20)28/h4-15H,3,16H2,1-2H3,(H,29,31)/b21-14-. The Bertz CT molecular complexity index is 1350. The van der Waals surface area contributed by atoms with Crippen molar-refractivity contribution in [2.45, 2.75) is 6.92 Å². The molecule has 0 saturated carbocycles. The van der Waals surface area contributed by atoms with Crippen LogP contribution < -0.4 is 19.5 Å². The number of amides is 1. The van der Waals surface area contributed by atoms with Gasteiger partial charge in [0.15, 0.2) is 23.8 Å². The Kier molecular flexibility index (Phi) is 7.60. The first-order valence-electron chi connectivity index (χ1n) is 11.1. The number of carbonyl (C=O) groups excluding carboxylic acids is 2. The van der Waals surface area contributed by atoms with E-state index in [9.17, 15) is 14.0 Å². The van der Waals surface area contributed by atoms with E-state index in [-0.39, 0.29) is 23.9 Å². The van der Waals surface area contributed by atoms with E-state index in [4.69, 9.17) is 18.9 Å². The van der Waals surface area contributed by atoms with Crippen molar-refractivity contribution in [3.63, 3.8) is 0 Å². The topological polar surface area (TPSA) is 95.5 Å². The lowest BCUT2D eigenvalue weighted by Crippen LogP contribution is -2.20. The molecule has 0 fully saturated rings. The largest absolute Gasteiger partial charge is 0.493 e. The van der Waals surface area contributed by atoms with E-state index in [1.807, 2.05) is 13.0 Å². The van der Waals surface area contributed by atoms with Gasteiger partial charge in [-0.1, -0.05) is 30.3 Å². The van der Waals surface area contributed by atoms with Crippen molar-refractivity contribution in [2.24, 2.45) is 4.99 Å². The summed E-state index contributed by atoms with van der Waals surface area (Å²) in [6.07, 6.45) is 1.55. The number of anilines is 1. The van der Waals surface area contributed by atoms with Crippen LogP contribution in [0.25, 0.3) is 6.08 Å². The van der Waals surface area contributed by atoms with Gasteiger partial charge in [-0.3, -0.25) is 4.79 Å². The first-order valence-corrected chi connectivity index (χ1v) is 11.1. The normalized spacial score (nSPS) is 13.7. The molecule has 0 bridgehead atoms. The van der Waals surface area contributed by atoms with E-state index < -0.39 is 17.7 Å². The third kappa shape index (κ3) is 5.69. The van der Waals surface area contributed by atoms with Gasteiger partial charge in [-0.05, 0) is 55.0 Å². The molecule has 0 radical (unpaired) electrons. The van der Waals surface area contributed by atoms with Crippen LogP contribution in [0.4, 0.5) is 10.1 Å². The number of hydrogen-bond donors (Lipinski definition) is 1. The van der Waals surface area contributed by atoms with Gasteiger partial charge in [-0.2, -0.15) is 0 Å². The second kappa shape index (κ2) is 11.2. The summed E-state index contributed by atoms with van der Waals surface area (Å²) in [4.78, 5) is 28.9. The minimum Gasteiger partial charge on any atom is -0.493 e. The first kappa shape index (κ1) is 24.5. The van der Waals surface area contributed by atoms with E-state index in [0.717, 1.165) is 0 Å². The van der Waals surface area contributed by atoms with E-state index >= 15 is 0 Å². The smallest absolute Gasteiger partial charge is 0.363 e. The molecule has 0 aliphatic carbocycles. The molecule has 8 nitrogen and oxygen atoms in total. The molecule has 0 saturated heterocycles. The van der Waals surface area contributed by atoms with E-state index in [2.05, 4.69) is 10.3 Å². The number of methoxy groups -OCH3 is 1. The maximum atomic E-state index is 13.7. The Morgan fingerprint density at radius 3 is 2.58 bits per heavy atom. The molecule has 1 N–H and O–H groups in total. The number of esters is 1. The molecule has 0 spiro atoms. The van der Waals surface area contributed by atoms with Crippen molar-refractivity contribution in [3.05, 3.63) is 89.4 Å². The highest BCUT2D eigenvalue weighted by atomic mass is 19.1. The molecule has 36 heavy (non-hydrogen) atoms. The van der Waals surface area contributed by atoms with Gasteiger partial charge in [0.25, 0.3) is 5.91 Å². The summed E-state index contributed by atoms with van der Waals surface area (Å²) in [7, 11) is 1.45. The summed E-state index contributed by atoms with van der Waals surface area (Å²) in [5.74, 6) is -0.319. The van der Waals surface area contributed by atoms with Gasteiger partial charge < -0.3 is 24.3 Å². The zero-order chi connectivity index (χ0) is 25.5. The minimum absolute atomic E-state index is 0.0623. The third-order valence-electron chi connectivity index (χ3n) is 5.04. The van der Waals surface area contributed by atoms with Gasteiger partial charge in [0, 0.05) is 0 Å². The molecule has 4 rings (SSSR count). The number of nitrogens with one attached hydrogen (secondary N) is 1. The van der Waals surface area contributed by atoms with Crippen molar-refractivity contribution in [1.29, 1.82) is 0 Å². The summed E-state index contributed by atoms with van der Waals surface area (Å²) >= 11 is 0. The number of ether oxygens (including phenoxy) is 4. The number of nitrogens with zero attached hydrogens (tertiary/aromatic N) is 1. The first-order chi connectivity index (χ1) is 17.5. The highest BCUT2D eigenvalue weighted by Crippen LogP contribution is 2.30. The van der Waals surface area contributed by atoms with Crippen molar-refractivity contribution in [3.8, 4) is 17.2 Å². The van der Waals surface area contributed by atoms with Crippen LogP contribution >= 0.6 is 0 Å². The van der Waals surface area contributed by atoms with Crippen molar-refractivity contribution >= 4 is 29.5 Å². The zero-order valence-corrected chi connectivity index (χ0v) is 19.6. The van der Waals surface area contributed by atoms with Gasteiger partial charge >= 0.3 is 5.97 Å². The number of para-hydroxylation sites is 2. The van der Waals surface area contributed by atoms with Gasteiger partial charge in [0.05, 0.1) is 25.0 Å². The Labute approximate surface area is 207 Å². The second-order valence-electron chi connectivity index (χ2n) is 7.49. The molecule has 3 aromatic rings. The lowest BCUT2D eigenvalue weighted by atomic mass is 10.1. The number of cyclic esters (lactones) is 1. The highest BCUT2D eigenvalue weighted by Gasteiger charge is 2.26. The van der Waals surface area contributed by atoms with E-state index in [1.54, 1.807) is 48.5 Å². The van der Waals surface area contributed by atoms with Crippen LogP contribution in [0.1, 0.15) is 18.1 Å². The zero-order valence-electron chi connectivity index (χ0n) is 19.6. The van der Waals surface area contributed by atoms with Crippen molar-refractivity contribution in [1.82, 2.24) is 0 Å². The Hall–Kier alpha value is -4.66. The second-order valence-corrected chi connectivity index (χ2v) is 7.49. The van der Waals surface area contributed by atoms with Crippen LogP contribution in [-0.4, -0.2) is 38.1 Å². The number of halogens is 1. The average molecular weight is 490 g/mol. The van der Waals surface area contributed by atoms with Crippen LogP contribution in [0, 0.1) is 5.82 Å². The monoisotopic (exact) mass is 490 g/mol. The molecule has 1 aliphatic heterocycles. The molecular weight excluding hydrogens is 467 g/mol. The Morgan fingerprint density at radius 2 is 1.81 bits per heavy atom. The number of rotatable bonds is 9. The Balaban J connectivity index is 1.48. The fraction of sp³-hybridized carbons (Fsp3) is 0.148. The van der Waals surface area contributed by atoms with E-state index in [0.29, 0.717) is 35.0 Å². The van der Waals surface area contributed by atoms with Gasteiger partial charge in [0.1, 0.15) is 11.6 Å². The predicted molar refractivity (Wildman–Crippen MR) is 132 cm³/mol. The molecule has 0 atom stereocenters. The molecule has 1 aliphatic rings. The maximum Gasteiger partial charge on any atom is 0.363 e. The fourth-order valence-electron chi connectivity index (χ4n) is 3.39. The van der Waals surface area contributed by atoms with Gasteiger partial charge in [0.2, 0.25) is 5.90 Å². The molecular formula is C27H23FN2O6. The fourth-order valence-corrected chi connectivity index (χ4v) is 3.39. The summed E-state index contributed by atoms with van der Waals surface area (Å²) in [5, 5.41) is 2.45. The molecule has 184 valence electrons. The van der Waals surface area contributed by atoms with Crippen LogP contribution in [-0.2, 0) is 14.3 Å². The summed E-state index contributed by atoms with van der Waals surface area (Å²) in [6.45, 7) is 1.96. The summed E-state index contributed by atoms with van der Waals surface area (Å²) in [5.41, 5.74) is 1.35. The van der Waals surface area contributed by atoms with Crippen LogP contribution in [0.3, 0.4) is 0 Å². The van der Waals surface area contributed by atoms with Crippen molar-refractivity contribution < 1.29 is 32.9 Å². The highest BCUT2D eigenvalue weighted by molar-refractivity contribution is 6.13. The molecule has 1 amide bonds. The number of benzene rings is 3. The SMILES string of the molecule is CCOc1ccccc1C1=N/C(=C\c2ccc(OCC(=O)Nc3ccccc3F)c(OC)c2)C(=O)O1. The Morgan fingerprint density at radius 1 is 1.03 bits per heavy atom. The number of aliphatic imine (C=N–C) groups is 1. The number of hydrogen-bond acceptors (Lipinski definition) is 7. The van der Waals surface area contributed by atoms with Gasteiger partial charge in [-0.15, -0.1) is 0 Å². The lowest BCUT2D eigenvalue weighted by Gasteiger charge is -2.12. The molecule has 3 aromatic carbocycles. The van der Waals surface area contributed by atoms with Crippen LogP contribution in [0.15, 0.2) is 77.4 Å². The van der Waals surface area contributed by atoms with Crippen LogP contribution in [0.2, 0.25) is 0 Å². The quantitative estimate of drug-likeness (QED) is 0.348. The summed E-state index contributed by atoms with van der Waals surface area (Å²) in [6, 6.07) is 17.9. The molecule has 0 aromatic heterocycles. The summed E-state index contributed by atoms with van der Waals surface area (Å²) < 4.78 is 35.6. The minimum atomic E-state index is -0.597. The predicted octanol–water partition coefficient (Wildman–Crippen LogP) is 4.60. The van der Waals surface area contributed by atoms with E-state index in [1.165, 1.54) is 25.3 Å². The number of carbonyl (C=O) groups is 2. The average Bonchev–Trinajstić information content (AvgIpc) is 3.24.